The third-order valence-corrected chi connectivity index (χ3v) is 7.27. The molecule has 38 heavy (non-hydrogen) atoms. The smallest absolute Gasteiger partial charge is 0.416 e. The zero-order valence-corrected chi connectivity index (χ0v) is 20.8. The second kappa shape index (κ2) is 11.0. The molecule has 0 aliphatic carbocycles. The maximum Gasteiger partial charge on any atom is 0.416 e. The highest BCUT2D eigenvalue weighted by Crippen LogP contribution is 2.29. The molecule has 2 aliphatic rings. The predicted molar refractivity (Wildman–Crippen MR) is 132 cm³/mol. The second-order valence-electron chi connectivity index (χ2n) is 9.82. The van der Waals surface area contributed by atoms with Crippen molar-refractivity contribution in [2.24, 2.45) is 5.92 Å². The summed E-state index contributed by atoms with van der Waals surface area (Å²) in [7, 11) is 0. The van der Waals surface area contributed by atoms with E-state index in [2.05, 4.69) is 20.3 Å². The summed E-state index contributed by atoms with van der Waals surface area (Å²) in [5.41, 5.74) is 1.87. The molecule has 3 aromatic rings. The highest BCUT2D eigenvalue weighted by Gasteiger charge is 2.30. The normalized spacial score (nSPS) is 17.7. The third-order valence-electron chi connectivity index (χ3n) is 7.27. The van der Waals surface area contributed by atoms with Crippen molar-refractivity contribution in [1.82, 2.24) is 30.1 Å². The Hall–Kier alpha value is -3.67. The lowest BCUT2D eigenvalue weighted by molar-refractivity contribution is -0.137. The van der Waals surface area contributed by atoms with Crippen LogP contribution < -0.4 is 0 Å². The Morgan fingerprint density at radius 1 is 0.947 bits per heavy atom. The Balaban J connectivity index is 1.02. The summed E-state index contributed by atoms with van der Waals surface area (Å²) >= 11 is 0. The first-order chi connectivity index (χ1) is 18.3. The number of amides is 2. The summed E-state index contributed by atoms with van der Waals surface area (Å²) in [5.74, 6) is 0.493. The van der Waals surface area contributed by atoms with Gasteiger partial charge in [0.05, 0.1) is 11.1 Å². The number of carbonyl (C=O) groups is 2. The number of benzene rings is 2. The molecule has 0 bridgehead atoms. The molecule has 2 aliphatic heterocycles. The molecular formula is C26H29F3N6O3. The van der Waals surface area contributed by atoms with E-state index in [4.69, 9.17) is 4.74 Å². The van der Waals surface area contributed by atoms with Crippen molar-refractivity contribution in [3.63, 3.8) is 0 Å². The maximum atomic E-state index is 12.9. The number of hydrogen-bond donors (Lipinski definition) is 1. The molecule has 12 heteroatoms. The largest absolute Gasteiger partial charge is 0.445 e. The van der Waals surface area contributed by atoms with Crippen molar-refractivity contribution < 1.29 is 27.5 Å². The van der Waals surface area contributed by atoms with E-state index in [0.29, 0.717) is 48.7 Å². The summed E-state index contributed by atoms with van der Waals surface area (Å²) < 4.78 is 43.4. The van der Waals surface area contributed by atoms with Gasteiger partial charge in [0, 0.05) is 51.4 Å². The molecule has 3 heterocycles. The van der Waals surface area contributed by atoms with Crippen LogP contribution in [0.15, 0.2) is 42.5 Å². The summed E-state index contributed by atoms with van der Waals surface area (Å²) in [5, 5.41) is 10.5. The van der Waals surface area contributed by atoms with Gasteiger partial charge < -0.3 is 14.5 Å². The lowest BCUT2D eigenvalue weighted by atomic mass is 9.95. The van der Waals surface area contributed by atoms with Crippen LogP contribution in [0.25, 0.3) is 11.0 Å². The molecule has 0 atom stereocenters. The van der Waals surface area contributed by atoms with Crippen LogP contribution in [0.3, 0.4) is 0 Å². The number of aromatic amines is 1. The number of rotatable bonds is 5. The number of alkyl halides is 3. The van der Waals surface area contributed by atoms with Crippen LogP contribution in [0.4, 0.5) is 18.0 Å². The highest BCUT2D eigenvalue weighted by atomic mass is 19.4. The van der Waals surface area contributed by atoms with Gasteiger partial charge in [0.1, 0.15) is 12.1 Å². The van der Waals surface area contributed by atoms with E-state index in [1.54, 1.807) is 17.0 Å². The standard InChI is InChI=1S/C26H29F3N6O3/c27-26(28,29)21-4-1-19(2-5-21)17-38-25(37)35-13-11-33(12-14-35)16-18-7-9-34(10-8-18)24(36)20-3-6-22-23(15-20)31-32-30-22/h1-6,15,18H,7-14,16-17H2,(H,30,31,32). The van der Waals surface area contributed by atoms with Crippen molar-refractivity contribution >= 4 is 23.0 Å². The molecule has 0 saturated carbocycles. The average molecular weight is 531 g/mol. The lowest BCUT2D eigenvalue weighted by Gasteiger charge is -2.38. The Labute approximate surface area is 217 Å². The number of carbonyl (C=O) groups excluding carboxylic acids is 2. The first-order valence-electron chi connectivity index (χ1n) is 12.7. The molecule has 0 radical (unpaired) electrons. The molecule has 0 unspecified atom stereocenters. The molecule has 2 aromatic carbocycles. The van der Waals surface area contributed by atoms with Crippen LogP contribution in [-0.4, -0.2) is 87.9 Å². The number of nitrogens with one attached hydrogen (secondary N) is 1. The molecule has 1 aromatic heterocycles. The van der Waals surface area contributed by atoms with Gasteiger partial charge in [0.25, 0.3) is 5.91 Å². The Kier molecular flexibility index (Phi) is 7.50. The van der Waals surface area contributed by atoms with E-state index in [0.717, 1.165) is 50.1 Å². The first-order valence-corrected chi connectivity index (χ1v) is 12.7. The molecular weight excluding hydrogens is 501 g/mol. The predicted octanol–water partition coefficient (Wildman–Crippen LogP) is 3.78. The maximum absolute atomic E-state index is 12.9. The van der Waals surface area contributed by atoms with E-state index < -0.39 is 17.8 Å². The molecule has 9 nitrogen and oxygen atoms in total. The van der Waals surface area contributed by atoms with Crippen LogP contribution in [-0.2, 0) is 17.5 Å². The van der Waals surface area contributed by atoms with E-state index in [9.17, 15) is 22.8 Å². The van der Waals surface area contributed by atoms with Gasteiger partial charge in [-0.2, -0.15) is 13.2 Å². The molecule has 5 rings (SSSR count). The lowest BCUT2D eigenvalue weighted by Crippen LogP contribution is -2.50. The fraction of sp³-hybridized carbons (Fsp3) is 0.462. The van der Waals surface area contributed by atoms with Gasteiger partial charge >= 0.3 is 12.3 Å². The Morgan fingerprint density at radius 2 is 1.66 bits per heavy atom. The monoisotopic (exact) mass is 530 g/mol. The second-order valence-corrected chi connectivity index (χ2v) is 9.82. The van der Waals surface area contributed by atoms with Gasteiger partial charge in [-0.1, -0.05) is 17.3 Å². The fourth-order valence-corrected chi connectivity index (χ4v) is 4.98. The van der Waals surface area contributed by atoms with Gasteiger partial charge in [-0.05, 0) is 54.7 Å². The molecule has 0 spiro atoms. The summed E-state index contributed by atoms with van der Waals surface area (Å²) in [4.78, 5) is 31.2. The van der Waals surface area contributed by atoms with Crippen LogP contribution in [0, 0.1) is 5.92 Å². The van der Waals surface area contributed by atoms with Gasteiger partial charge in [-0.3, -0.25) is 14.8 Å². The van der Waals surface area contributed by atoms with Crippen LogP contribution in [0.5, 0.6) is 0 Å². The van der Waals surface area contributed by atoms with Gasteiger partial charge in [-0.25, -0.2) is 4.79 Å². The molecule has 202 valence electrons. The van der Waals surface area contributed by atoms with Crippen molar-refractivity contribution in [2.45, 2.75) is 25.6 Å². The number of H-pyrrole nitrogens is 1. The zero-order chi connectivity index (χ0) is 26.7. The van der Waals surface area contributed by atoms with E-state index in [1.165, 1.54) is 12.1 Å². The molecule has 2 amide bonds. The summed E-state index contributed by atoms with van der Waals surface area (Å²) in [6.07, 6.45) is -3.00. The van der Waals surface area contributed by atoms with Crippen LogP contribution >= 0.6 is 0 Å². The van der Waals surface area contributed by atoms with Crippen LogP contribution in [0.1, 0.15) is 34.3 Å². The van der Waals surface area contributed by atoms with Crippen molar-refractivity contribution in [3.8, 4) is 0 Å². The quantitative estimate of drug-likeness (QED) is 0.540. The van der Waals surface area contributed by atoms with Gasteiger partial charge in [-0.15, -0.1) is 5.10 Å². The molecule has 2 fully saturated rings. The van der Waals surface area contributed by atoms with Crippen LogP contribution in [0.2, 0.25) is 0 Å². The van der Waals surface area contributed by atoms with Gasteiger partial charge in [0.15, 0.2) is 0 Å². The minimum absolute atomic E-state index is 0.0109. The Morgan fingerprint density at radius 3 is 2.34 bits per heavy atom. The van der Waals surface area contributed by atoms with E-state index >= 15 is 0 Å². The number of likely N-dealkylation sites (tertiary alicyclic amines) is 1. The van der Waals surface area contributed by atoms with E-state index in [1.807, 2.05) is 11.0 Å². The fourth-order valence-electron chi connectivity index (χ4n) is 4.98. The number of piperazine rings is 1. The van der Waals surface area contributed by atoms with Crippen molar-refractivity contribution in [3.05, 3.63) is 59.2 Å². The van der Waals surface area contributed by atoms with Gasteiger partial charge in [0.2, 0.25) is 0 Å². The number of ether oxygens (including phenoxy) is 1. The number of aromatic nitrogens is 3. The van der Waals surface area contributed by atoms with Crippen molar-refractivity contribution in [1.29, 1.82) is 0 Å². The minimum atomic E-state index is -4.39. The van der Waals surface area contributed by atoms with Crippen molar-refractivity contribution in [2.75, 3.05) is 45.8 Å². The third kappa shape index (κ3) is 6.07. The topological polar surface area (TPSA) is 94.7 Å². The number of halogens is 3. The van der Waals surface area contributed by atoms with E-state index in [-0.39, 0.29) is 12.5 Å². The number of nitrogens with zero attached hydrogens (tertiary/aromatic N) is 5. The molecule has 1 N–H and O–H groups in total. The number of piperidine rings is 1. The molecule has 2 saturated heterocycles. The minimum Gasteiger partial charge on any atom is -0.445 e. The summed E-state index contributed by atoms with van der Waals surface area (Å²) in [6, 6.07) is 10.00. The number of fused-ring (bicyclic) bond motifs is 1. The number of hydrogen-bond acceptors (Lipinski definition) is 6. The zero-order valence-electron chi connectivity index (χ0n) is 20.8. The summed E-state index contributed by atoms with van der Waals surface area (Å²) in [6.45, 7) is 4.79. The highest BCUT2D eigenvalue weighted by molar-refractivity contribution is 5.97. The average Bonchev–Trinajstić information content (AvgIpc) is 3.40. The first kappa shape index (κ1) is 26.0. The SMILES string of the molecule is O=C(OCc1ccc(C(F)(F)F)cc1)N1CCN(CC2CCN(C(=O)c3ccc4[nH]nnc4c3)CC2)CC1. The Bertz CT molecular complexity index is 1260.